The summed E-state index contributed by atoms with van der Waals surface area (Å²) < 4.78 is 9.31. The van der Waals surface area contributed by atoms with Gasteiger partial charge < -0.3 is 9.13 Å². The average Bonchev–Trinajstić information content (AvgIpc) is 4.10. The summed E-state index contributed by atoms with van der Waals surface area (Å²) >= 11 is 0. The first kappa shape index (κ1) is 34.9. The minimum absolute atomic E-state index is 0.539. The Morgan fingerprint density at radius 3 is 1.20 bits per heavy atom. The molecule has 298 valence electrons. The number of hydrogen-bond acceptors (Lipinski definition) is 3. The van der Waals surface area contributed by atoms with E-state index in [0.29, 0.717) is 17.7 Å². The van der Waals surface area contributed by atoms with Crippen molar-refractivity contribution < 1.29 is 0 Å². The molecule has 14 rings (SSSR count). The van der Waals surface area contributed by atoms with Crippen LogP contribution in [0, 0.1) is 0 Å². The Labute approximate surface area is 366 Å². The molecule has 0 spiro atoms. The molecule has 5 aromatic heterocycles. The lowest BCUT2D eigenvalue weighted by Crippen LogP contribution is -2.10. The second-order valence-corrected chi connectivity index (χ2v) is 16.4. The van der Waals surface area contributed by atoms with Crippen LogP contribution in [-0.4, -0.2) is 33.2 Å². The van der Waals surface area contributed by atoms with E-state index in [1.54, 1.807) is 0 Å². The van der Waals surface area contributed by atoms with Crippen molar-refractivity contribution >= 4 is 87.2 Å². The van der Waals surface area contributed by atoms with Gasteiger partial charge in [0.05, 0.1) is 44.1 Å². The number of fused-ring (bicyclic) bond motifs is 14. The molecule has 0 atom stereocenters. The number of para-hydroxylation sites is 6. The van der Waals surface area contributed by atoms with E-state index in [4.69, 9.17) is 15.0 Å². The summed E-state index contributed by atoms with van der Waals surface area (Å²) in [6.45, 7) is 0. The van der Waals surface area contributed by atoms with E-state index in [9.17, 15) is 0 Å². The Morgan fingerprint density at radius 2 is 0.641 bits per heavy atom. The van der Waals surface area contributed by atoms with Gasteiger partial charge in [-0.2, -0.15) is 15.0 Å². The third-order valence-electron chi connectivity index (χ3n) is 13.0. The maximum absolute atomic E-state index is 5.65. The van der Waals surface area contributed by atoms with Gasteiger partial charge in [-0.3, -0.25) is 9.13 Å². The minimum Gasteiger partial charge on any atom is -0.309 e. The summed E-state index contributed by atoms with van der Waals surface area (Å²) in [5.41, 5.74) is 11.7. The quantitative estimate of drug-likeness (QED) is 0.174. The highest BCUT2D eigenvalue weighted by molar-refractivity contribution is 6.26. The van der Waals surface area contributed by atoms with Gasteiger partial charge in [0.2, 0.25) is 11.9 Å². The molecule has 0 unspecified atom stereocenters. The Hall–Kier alpha value is -8.81. The first-order valence-electron chi connectivity index (χ1n) is 21.6. The van der Waals surface area contributed by atoms with E-state index in [-0.39, 0.29) is 0 Å². The van der Waals surface area contributed by atoms with Crippen molar-refractivity contribution in [1.82, 2.24) is 33.2 Å². The second kappa shape index (κ2) is 13.3. The number of hydrogen-bond donors (Lipinski definition) is 0. The van der Waals surface area contributed by atoms with Crippen molar-refractivity contribution in [3.05, 3.63) is 212 Å². The number of nitrogens with zero attached hydrogens (tertiary/aromatic N) is 7. The summed E-state index contributed by atoms with van der Waals surface area (Å²) in [7, 11) is 0. The van der Waals surface area contributed by atoms with Crippen molar-refractivity contribution in [2.75, 3.05) is 0 Å². The van der Waals surface area contributed by atoms with Crippen LogP contribution in [0.25, 0.3) is 122 Å². The highest BCUT2D eigenvalue weighted by Crippen LogP contribution is 2.44. The largest absolute Gasteiger partial charge is 0.309 e. The molecule has 0 N–H and O–H groups in total. The fourth-order valence-electron chi connectivity index (χ4n) is 10.4. The van der Waals surface area contributed by atoms with Crippen LogP contribution in [0.3, 0.4) is 0 Å². The molecule has 64 heavy (non-hydrogen) atoms. The molecule has 9 aromatic carbocycles. The summed E-state index contributed by atoms with van der Waals surface area (Å²) in [5.74, 6) is 1.67. The molecule has 7 nitrogen and oxygen atoms in total. The highest BCUT2D eigenvalue weighted by Gasteiger charge is 2.26. The Balaban J connectivity index is 1.16. The second-order valence-electron chi connectivity index (χ2n) is 16.4. The van der Waals surface area contributed by atoms with Crippen molar-refractivity contribution in [1.29, 1.82) is 0 Å². The van der Waals surface area contributed by atoms with Crippen molar-refractivity contribution in [3.8, 4) is 34.7 Å². The lowest BCUT2D eigenvalue weighted by molar-refractivity contribution is 0.894. The predicted octanol–water partition coefficient (Wildman–Crippen LogP) is 13.9. The molecule has 0 saturated heterocycles. The lowest BCUT2D eigenvalue weighted by atomic mass is 10.1. The molecule has 7 heteroatoms. The monoisotopic (exact) mass is 817 g/mol. The molecule has 0 radical (unpaired) electrons. The van der Waals surface area contributed by atoms with E-state index in [1.807, 2.05) is 18.2 Å². The molecular weight excluding hydrogens is 783 g/mol. The van der Waals surface area contributed by atoms with Crippen molar-refractivity contribution in [2.24, 2.45) is 0 Å². The molecule has 0 aliphatic carbocycles. The molecule has 0 aliphatic heterocycles. The molecule has 0 bridgehead atoms. The van der Waals surface area contributed by atoms with Crippen molar-refractivity contribution in [3.63, 3.8) is 0 Å². The van der Waals surface area contributed by atoms with E-state index >= 15 is 0 Å². The third-order valence-corrected chi connectivity index (χ3v) is 13.0. The van der Waals surface area contributed by atoms with E-state index < -0.39 is 0 Å². The molecule has 0 aliphatic rings. The van der Waals surface area contributed by atoms with Crippen molar-refractivity contribution in [2.45, 2.75) is 0 Å². The molecule has 14 aromatic rings. The fraction of sp³-hybridized carbons (Fsp3) is 0. The molecule has 0 saturated carbocycles. The van der Waals surface area contributed by atoms with Gasteiger partial charge in [0.1, 0.15) is 0 Å². The zero-order valence-electron chi connectivity index (χ0n) is 34.3. The Morgan fingerprint density at radius 1 is 0.250 bits per heavy atom. The highest BCUT2D eigenvalue weighted by atomic mass is 15.3. The lowest BCUT2D eigenvalue weighted by Gasteiger charge is -2.14. The topological polar surface area (TPSA) is 58.4 Å². The normalized spacial score (nSPS) is 12.1. The molecule has 5 heterocycles. The smallest absolute Gasteiger partial charge is 0.240 e. The summed E-state index contributed by atoms with van der Waals surface area (Å²) in [6.07, 6.45) is 0. The maximum Gasteiger partial charge on any atom is 0.240 e. The van der Waals surface area contributed by atoms with Crippen LogP contribution in [-0.2, 0) is 0 Å². The fourth-order valence-corrected chi connectivity index (χ4v) is 10.4. The van der Waals surface area contributed by atoms with Gasteiger partial charge in [-0.25, -0.2) is 0 Å². The number of aromatic nitrogens is 7. The molecular formula is C57H35N7. The number of rotatable bonds is 5. The van der Waals surface area contributed by atoms with Gasteiger partial charge in [0.25, 0.3) is 0 Å². The first-order valence-corrected chi connectivity index (χ1v) is 21.6. The zero-order chi connectivity index (χ0) is 41.9. The van der Waals surface area contributed by atoms with Crippen LogP contribution in [0.2, 0.25) is 0 Å². The SMILES string of the molecule is c1ccc(-c2nc(-n3c4ccccc4c4ccc5c(c6ccccc6n5-c5ccccc5)c43)nc(-n3c4ccccc4c4ccc5c6ccccc6n(-c6ccccc6)c5c43)n2)cc1. The van der Waals surface area contributed by atoms with E-state index in [2.05, 4.69) is 212 Å². The van der Waals surface area contributed by atoms with Gasteiger partial charge in [-0.1, -0.05) is 158 Å². The minimum atomic E-state index is 0.539. The van der Waals surface area contributed by atoms with Gasteiger partial charge in [-0.15, -0.1) is 0 Å². The molecule has 0 fully saturated rings. The predicted molar refractivity (Wildman–Crippen MR) is 263 cm³/mol. The van der Waals surface area contributed by atoms with E-state index in [1.165, 1.54) is 5.39 Å². The summed E-state index contributed by atoms with van der Waals surface area (Å²) in [6, 6.07) is 75.3. The molecule has 0 amide bonds. The van der Waals surface area contributed by atoms with Gasteiger partial charge in [-0.05, 0) is 54.6 Å². The van der Waals surface area contributed by atoms with Crippen LogP contribution in [0.5, 0.6) is 0 Å². The first-order chi connectivity index (χ1) is 31.8. The van der Waals surface area contributed by atoms with Crippen LogP contribution < -0.4 is 0 Å². The van der Waals surface area contributed by atoms with Crippen LogP contribution in [0.15, 0.2) is 212 Å². The van der Waals surface area contributed by atoms with Crippen LogP contribution in [0.1, 0.15) is 0 Å². The van der Waals surface area contributed by atoms with Crippen LogP contribution >= 0.6 is 0 Å². The summed E-state index contributed by atoms with van der Waals surface area (Å²) in [4.78, 5) is 16.5. The van der Waals surface area contributed by atoms with Gasteiger partial charge in [0.15, 0.2) is 5.82 Å². The third kappa shape index (κ3) is 4.83. The Bertz CT molecular complexity index is 4180. The Kier molecular flexibility index (Phi) is 7.27. The van der Waals surface area contributed by atoms with Gasteiger partial charge >= 0.3 is 0 Å². The van der Waals surface area contributed by atoms with Crippen LogP contribution in [0.4, 0.5) is 0 Å². The maximum atomic E-state index is 5.65. The van der Waals surface area contributed by atoms with E-state index in [0.717, 1.165) is 98.8 Å². The zero-order valence-corrected chi connectivity index (χ0v) is 34.3. The average molecular weight is 818 g/mol. The number of benzene rings is 9. The standard InChI is InChI=1S/C57H35N7/c1-4-18-36(19-5-1)55-58-56(63-47-29-15-11-24-39(47)42-34-35-50-51(52(42)63)45-27-13-17-31-49(45)61(50)37-20-6-2-7-21-37)60-57(59-55)64-48-30-16-12-26-41(48)44-33-32-43-40-25-10-14-28-46(40)62(53(43)54(44)64)38-22-8-3-9-23-38/h1-35H. The van der Waals surface area contributed by atoms with Gasteiger partial charge in [0, 0.05) is 60.0 Å². The summed E-state index contributed by atoms with van der Waals surface area (Å²) in [5, 5.41) is 9.16.